The molecule has 15 heavy (non-hydrogen) atoms. The third kappa shape index (κ3) is 2.50. The molecule has 0 saturated heterocycles. The van der Waals surface area contributed by atoms with E-state index in [0.29, 0.717) is 18.0 Å². The topological polar surface area (TPSA) is 35.2 Å². The minimum absolute atomic E-state index is 0.531. The van der Waals surface area contributed by atoms with Gasteiger partial charge < -0.3 is 10.5 Å². The highest BCUT2D eigenvalue weighted by Crippen LogP contribution is 2.20. The van der Waals surface area contributed by atoms with Gasteiger partial charge in [0.2, 0.25) is 0 Å². The zero-order valence-electron chi connectivity index (χ0n) is 8.31. The summed E-state index contributed by atoms with van der Waals surface area (Å²) >= 11 is 0. The van der Waals surface area contributed by atoms with Crippen LogP contribution >= 0.6 is 0 Å². The number of anilines is 1. The zero-order chi connectivity index (χ0) is 10.5. The first-order valence-corrected chi connectivity index (χ1v) is 4.79. The summed E-state index contributed by atoms with van der Waals surface area (Å²) in [6.07, 6.45) is 0. The number of ether oxygens (including phenoxy) is 1. The lowest BCUT2D eigenvalue weighted by Gasteiger charge is -2.07. The molecule has 0 spiro atoms. The van der Waals surface area contributed by atoms with Crippen LogP contribution in [0.5, 0.6) is 5.75 Å². The van der Waals surface area contributed by atoms with Gasteiger partial charge in [-0.1, -0.05) is 42.5 Å². The maximum Gasteiger partial charge on any atom is 0.143 e. The summed E-state index contributed by atoms with van der Waals surface area (Å²) in [4.78, 5) is 0. The van der Waals surface area contributed by atoms with Gasteiger partial charge in [0, 0.05) is 6.07 Å². The molecular weight excluding hydrogens is 186 g/mol. The molecule has 0 heterocycles. The third-order valence-corrected chi connectivity index (χ3v) is 2.09. The maximum absolute atomic E-state index is 5.70. The number of benzene rings is 2. The van der Waals surface area contributed by atoms with E-state index >= 15 is 0 Å². The first kappa shape index (κ1) is 9.59. The normalized spacial score (nSPS) is 9.87. The Morgan fingerprint density at radius 3 is 2.60 bits per heavy atom. The molecule has 2 aromatic carbocycles. The van der Waals surface area contributed by atoms with Gasteiger partial charge in [0.25, 0.3) is 0 Å². The van der Waals surface area contributed by atoms with Gasteiger partial charge in [-0.25, -0.2) is 0 Å². The molecule has 2 aromatic rings. The van der Waals surface area contributed by atoms with Crippen molar-refractivity contribution in [3.05, 3.63) is 60.2 Å². The van der Waals surface area contributed by atoms with Crippen LogP contribution in [0.3, 0.4) is 0 Å². The Kier molecular flexibility index (Phi) is 2.88. The van der Waals surface area contributed by atoms with E-state index in [9.17, 15) is 0 Å². The fourth-order valence-electron chi connectivity index (χ4n) is 1.30. The van der Waals surface area contributed by atoms with Gasteiger partial charge in [0.05, 0.1) is 5.69 Å². The highest BCUT2D eigenvalue weighted by Gasteiger charge is 1.98. The first-order chi connectivity index (χ1) is 7.36. The highest BCUT2D eigenvalue weighted by molar-refractivity contribution is 5.50. The van der Waals surface area contributed by atoms with Gasteiger partial charge >= 0.3 is 0 Å². The van der Waals surface area contributed by atoms with Crippen molar-refractivity contribution in [3.63, 3.8) is 0 Å². The molecule has 2 rings (SSSR count). The Balaban J connectivity index is 2.03. The molecular formula is C13H12NO. The molecule has 2 N–H and O–H groups in total. The van der Waals surface area contributed by atoms with E-state index in [1.54, 1.807) is 6.07 Å². The van der Waals surface area contributed by atoms with Crippen LogP contribution in [-0.4, -0.2) is 0 Å². The van der Waals surface area contributed by atoms with E-state index in [-0.39, 0.29) is 0 Å². The lowest BCUT2D eigenvalue weighted by atomic mass is 10.2. The molecule has 0 aromatic heterocycles. The molecule has 1 radical (unpaired) electrons. The molecule has 0 unspecified atom stereocenters. The van der Waals surface area contributed by atoms with Crippen LogP contribution in [0.4, 0.5) is 5.69 Å². The van der Waals surface area contributed by atoms with E-state index in [1.807, 2.05) is 42.5 Å². The monoisotopic (exact) mass is 198 g/mol. The van der Waals surface area contributed by atoms with Crippen molar-refractivity contribution in [2.24, 2.45) is 0 Å². The van der Waals surface area contributed by atoms with E-state index in [2.05, 4.69) is 6.07 Å². The van der Waals surface area contributed by atoms with Gasteiger partial charge in [0.1, 0.15) is 12.4 Å². The van der Waals surface area contributed by atoms with E-state index in [0.717, 1.165) is 5.56 Å². The van der Waals surface area contributed by atoms with Gasteiger partial charge in [-0.15, -0.1) is 0 Å². The smallest absolute Gasteiger partial charge is 0.143 e. The summed E-state index contributed by atoms with van der Waals surface area (Å²) in [7, 11) is 0. The zero-order valence-corrected chi connectivity index (χ0v) is 8.31. The van der Waals surface area contributed by atoms with Crippen LogP contribution in [0.25, 0.3) is 0 Å². The summed E-state index contributed by atoms with van der Waals surface area (Å²) in [6, 6.07) is 18.3. The van der Waals surface area contributed by atoms with Gasteiger partial charge in [-0.2, -0.15) is 0 Å². The van der Waals surface area contributed by atoms with Crippen LogP contribution in [0, 0.1) is 6.07 Å². The average Bonchev–Trinajstić information content (AvgIpc) is 2.29. The molecule has 0 bridgehead atoms. The molecule has 0 aliphatic rings. The summed E-state index contributed by atoms with van der Waals surface area (Å²) in [6.45, 7) is 0.531. The molecule has 0 saturated carbocycles. The van der Waals surface area contributed by atoms with Crippen molar-refractivity contribution in [3.8, 4) is 5.75 Å². The SMILES string of the molecule is Nc1[c]cccc1OCc1ccccc1. The first-order valence-electron chi connectivity index (χ1n) is 4.79. The van der Waals surface area contributed by atoms with E-state index in [4.69, 9.17) is 10.5 Å². The molecule has 0 aliphatic carbocycles. The van der Waals surface area contributed by atoms with Gasteiger partial charge in [0.15, 0.2) is 0 Å². The largest absolute Gasteiger partial charge is 0.487 e. The minimum atomic E-state index is 0.531. The quantitative estimate of drug-likeness (QED) is 0.769. The van der Waals surface area contributed by atoms with Crippen LogP contribution in [-0.2, 0) is 6.61 Å². The number of rotatable bonds is 3. The second-order valence-electron chi connectivity index (χ2n) is 3.22. The Morgan fingerprint density at radius 2 is 1.87 bits per heavy atom. The second-order valence-corrected chi connectivity index (χ2v) is 3.22. The lowest BCUT2D eigenvalue weighted by Crippen LogP contribution is -1.98. The Morgan fingerprint density at radius 1 is 1.07 bits per heavy atom. The molecule has 0 fully saturated rings. The number of hydrogen-bond acceptors (Lipinski definition) is 2. The Bertz CT molecular complexity index is 426. The van der Waals surface area contributed by atoms with Crippen molar-refractivity contribution in [1.82, 2.24) is 0 Å². The van der Waals surface area contributed by atoms with Crippen molar-refractivity contribution >= 4 is 5.69 Å². The van der Waals surface area contributed by atoms with Crippen molar-refractivity contribution < 1.29 is 4.74 Å². The second kappa shape index (κ2) is 4.51. The van der Waals surface area contributed by atoms with Crippen LogP contribution in [0.15, 0.2) is 48.5 Å². The molecule has 0 amide bonds. The molecule has 0 atom stereocenters. The summed E-state index contributed by atoms with van der Waals surface area (Å²) in [5.41, 5.74) is 7.38. The molecule has 2 heteroatoms. The highest BCUT2D eigenvalue weighted by atomic mass is 16.5. The van der Waals surface area contributed by atoms with Crippen LogP contribution in [0.2, 0.25) is 0 Å². The van der Waals surface area contributed by atoms with Crippen molar-refractivity contribution in [2.45, 2.75) is 6.61 Å². The summed E-state index contributed by atoms with van der Waals surface area (Å²) < 4.78 is 5.57. The standard InChI is InChI=1S/C13H12NO/c14-12-8-4-5-9-13(12)15-10-11-6-2-1-3-7-11/h1-7,9H,10,14H2. The molecule has 2 nitrogen and oxygen atoms in total. The number of nitrogens with two attached hydrogens (primary N) is 1. The molecule has 0 aliphatic heterocycles. The summed E-state index contributed by atoms with van der Waals surface area (Å²) in [5, 5.41) is 0. The van der Waals surface area contributed by atoms with Gasteiger partial charge in [-0.3, -0.25) is 0 Å². The summed E-state index contributed by atoms with van der Waals surface area (Å²) in [5.74, 6) is 0.682. The average molecular weight is 198 g/mol. The van der Waals surface area contributed by atoms with Crippen LogP contribution < -0.4 is 10.5 Å². The van der Waals surface area contributed by atoms with Crippen LogP contribution in [0.1, 0.15) is 5.56 Å². The third-order valence-electron chi connectivity index (χ3n) is 2.09. The van der Waals surface area contributed by atoms with E-state index in [1.165, 1.54) is 0 Å². The van der Waals surface area contributed by atoms with Crippen molar-refractivity contribution in [2.75, 3.05) is 5.73 Å². The predicted octanol–water partition coefficient (Wildman–Crippen LogP) is 2.65. The van der Waals surface area contributed by atoms with E-state index < -0.39 is 0 Å². The Hall–Kier alpha value is -1.96. The fourth-order valence-corrected chi connectivity index (χ4v) is 1.30. The maximum atomic E-state index is 5.70. The van der Waals surface area contributed by atoms with Gasteiger partial charge in [-0.05, 0) is 11.6 Å². The Labute approximate surface area is 89.3 Å². The minimum Gasteiger partial charge on any atom is -0.487 e. The number of hydrogen-bond donors (Lipinski definition) is 1. The lowest BCUT2D eigenvalue weighted by molar-refractivity contribution is 0.308. The number of nitrogen functional groups attached to an aromatic ring is 1. The fraction of sp³-hybridized carbons (Fsp3) is 0.0769. The van der Waals surface area contributed by atoms with Crippen molar-refractivity contribution in [1.29, 1.82) is 0 Å². The molecule has 75 valence electrons. The number of para-hydroxylation sites is 1. The predicted molar refractivity (Wildman–Crippen MR) is 60.5 cm³/mol.